The molecule has 1 aliphatic heterocycles. The number of aromatic nitrogens is 2. The second kappa shape index (κ2) is 2.92. The fourth-order valence-electron chi connectivity index (χ4n) is 1.19. The van der Waals surface area contributed by atoms with Gasteiger partial charge in [-0.15, -0.1) is 0 Å². The summed E-state index contributed by atoms with van der Waals surface area (Å²) in [6, 6.07) is 0.432. The normalized spacial score (nSPS) is 23.8. The lowest BCUT2D eigenvalue weighted by atomic mass is 10.3. The lowest BCUT2D eigenvalue weighted by Gasteiger charge is -2.07. The minimum Gasteiger partial charge on any atom is -0.379 e. The van der Waals surface area contributed by atoms with Gasteiger partial charge in [0.15, 0.2) is 5.95 Å². The smallest absolute Gasteiger partial charge is 0.200 e. The van der Waals surface area contributed by atoms with Gasteiger partial charge in [0.1, 0.15) is 0 Å². The Morgan fingerprint density at radius 2 is 2.73 bits per heavy atom. The van der Waals surface area contributed by atoms with E-state index in [4.69, 9.17) is 4.74 Å². The van der Waals surface area contributed by atoms with Crippen molar-refractivity contribution in [1.29, 1.82) is 0 Å². The monoisotopic (exact) mass is 153 g/mol. The first-order valence-electron chi connectivity index (χ1n) is 3.79. The van der Waals surface area contributed by atoms with Crippen molar-refractivity contribution in [2.24, 2.45) is 0 Å². The van der Waals surface area contributed by atoms with Gasteiger partial charge in [0.25, 0.3) is 0 Å². The summed E-state index contributed by atoms with van der Waals surface area (Å²) in [6.07, 6.45) is 4.61. The summed E-state index contributed by atoms with van der Waals surface area (Å²) < 4.78 is 5.20. The van der Waals surface area contributed by atoms with Gasteiger partial charge in [0, 0.05) is 19.0 Å². The molecule has 2 heterocycles. The standard InChI is InChI=1S/C7H11N3O/c1-4-11-5-6(1)10-7-8-2-3-9-7/h2-3,6H,1,4-5H2,(H2,8,9,10). The molecule has 1 unspecified atom stereocenters. The molecule has 0 spiro atoms. The molecule has 60 valence electrons. The number of aromatic amines is 1. The quantitative estimate of drug-likeness (QED) is 0.654. The van der Waals surface area contributed by atoms with Crippen LogP contribution >= 0.6 is 0 Å². The number of nitrogens with zero attached hydrogens (tertiary/aromatic N) is 1. The Morgan fingerprint density at radius 1 is 1.73 bits per heavy atom. The zero-order valence-electron chi connectivity index (χ0n) is 6.21. The third kappa shape index (κ3) is 1.51. The van der Waals surface area contributed by atoms with Crippen molar-refractivity contribution >= 4 is 5.95 Å². The Hall–Kier alpha value is -1.03. The maximum Gasteiger partial charge on any atom is 0.200 e. The molecule has 0 amide bonds. The van der Waals surface area contributed by atoms with E-state index >= 15 is 0 Å². The second-order valence-corrected chi connectivity index (χ2v) is 2.64. The van der Waals surface area contributed by atoms with Gasteiger partial charge in [-0.05, 0) is 6.42 Å². The molecule has 0 aliphatic carbocycles. The number of H-pyrrole nitrogens is 1. The maximum absolute atomic E-state index is 5.20. The van der Waals surface area contributed by atoms with E-state index in [0.29, 0.717) is 6.04 Å². The van der Waals surface area contributed by atoms with Crippen LogP contribution in [0.3, 0.4) is 0 Å². The molecule has 1 aliphatic rings. The Labute approximate surface area is 65.0 Å². The van der Waals surface area contributed by atoms with E-state index in [1.54, 1.807) is 12.4 Å². The van der Waals surface area contributed by atoms with E-state index in [2.05, 4.69) is 15.3 Å². The van der Waals surface area contributed by atoms with Crippen LogP contribution in [-0.2, 0) is 4.74 Å². The van der Waals surface area contributed by atoms with Crippen LogP contribution in [0.2, 0.25) is 0 Å². The summed E-state index contributed by atoms with van der Waals surface area (Å²) >= 11 is 0. The van der Waals surface area contributed by atoms with Crippen LogP contribution < -0.4 is 5.32 Å². The molecule has 0 bridgehead atoms. The summed E-state index contributed by atoms with van der Waals surface area (Å²) in [4.78, 5) is 7.04. The fourth-order valence-corrected chi connectivity index (χ4v) is 1.19. The van der Waals surface area contributed by atoms with Crippen molar-refractivity contribution in [3.05, 3.63) is 12.4 Å². The predicted molar refractivity (Wildman–Crippen MR) is 41.4 cm³/mol. The molecular weight excluding hydrogens is 142 g/mol. The molecule has 2 rings (SSSR count). The van der Waals surface area contributed by atoms with Gasteiger partial charge in [-0.1, -0.05) is 0 Å². The van der Waals surface area contributed by atoms with Crippen molar-refractivity contribution in [2.45, 2.75) is 12.5 Å². The summed E-state index contributed by atoms with van der Waals surface area (Å²) in [6.45, 7) is 1.65. The van der Waals surface area contributed by atoms with Gasteiger partial charge in [-0.3, -0.25) is 0 Å². The SMILES string of the molecule is c1c[nH]c(NC2CCOC2)n1. The Morgan fingerprint density at radius 3 is 3.36 bits per heavy atom. The van der Waals surface area contributed by atoms with Crippen molar-refractivity contribution < 1.29 is 4.74 Å². The first-order chi connectivity index (χ1) is 5.45. The molecule has 0 saturated carbocycles. The van der Waals surface area contributed by atoms with Crippen molar-refractivity contribution in [1.82, 2.24) is 9.97 Å². The van der Waals surface area contributed by atoms with Crippen LogP contribution in [0, 0.1) is 0 Å². The molecule has 1 aromatic rings. The minimum absolute atomic E-state index is 0.432. The van der Waals surface area contributed by atoms with Crippen LogP contribution in [0.4, 0.5) is 5.95 Å². The van der Waals surface area contributed by atoms with Gasteiger partial charge in [0.05, 0.1) is 12.6 Å². The lowest BCUT2D eigenvalue weighted by Crippen LogP contribution is -2.19. The third-order valence-corrected chi connectivity index (χ3v) is 1.77. The second-order valence-electron chi connectivity index (χ2n) is 2.64. The average Bonchev–Trinajstić information content (AvgIpc) is 2.60. The number of imidazole rings is 1. The zero-order chi connectivity index (χ0) is 7.52. The van der Waals surface area contributed by atoms with Crippen LogP contribution in [-0.4, -0.2) is 29.2 Å². The van der Waals surface area contributed by atoms with Gasteiger partial charge < -0.3 is 15.0 Å². The van der Waals surface area contributed by atoms with E-state index in [9.17, 15) is 0 Å². The molecule has 1 aromatic heterocycles. The Kier molecular flexibility index (Phi) is 1.77. The summed E-state index contributed by atoms with van der Waals surface area (Å²) in [5.41, 5.74) is 0. The summed E-state index contributed by atoms with van der Waals surface area (Å²) in [7, 11) is 0. The highest BCUT2D eigenvalue weighted by Crippen LogP contribution is 2.08. The van der Waals surface area contributed by atoms with Gasteiger partial charge in [0.2, 0.25) is 0 Å². The topological polar surface area (TPSA) is 49.9 Å². The van der Waals surface area contributed by atoms with Crippen LogP contribution in [0.15, 0.2) is 12.4 Å². The number of hydrogen-bond acceptors (Lipinski definition) is 3. The summed E-state index contributed by atoms with van der Waals surface area (Å²) in [5, 5.41) is 3.23. The van der Waals surface area contributed by atoms with E-state index in [0.717, 1.165) is 25.6 Å². The van der Waals surface area contributed by atoms with Crippen molar-refractivity contribution in [2.75, 3.05) is 18.5 Å². The molecule has 1 saturated heterocycles. The van der Waals surface area contributed by atoms with Gasteiger partial charge >= 0.3 is 0 Å². The van der Waals surface area contributed by atoms with Crippen LogP contribution in [0.25, 0.3) is 0 Å². The van der Waals surface area contributed by atoms with E-state index < -0.39 is 0 Å². The van der Waals surface area contributed by atoms with Gasteiger partial charge in [-0.25, -0.2) is 4.98 Å². The largest absolute Gasteiger partial charge is 0.379 e. The highest BCUT2D eigenvalue weighted by Gasteiger charge is 2.15. The average molecular weight is 153 g/mol. The molecule has 0 aromatic carbocycles. The summed E-state index contributed by atoms with van der Waals surface area (Å²) in [5.74, 6) is 0.834. The van der Waals surface area contributed by atoms with Gasteiger partial charge in [-0.2, -0.15) is 0 Å². The highest BCUT2D eigenvalue weighted by atomic mass is 16.5. The number of anilines is 1. The van der Waals surface area contributed by atoms with E-state index in [1.807, 2.05) is 0 Å². The number of rotatable bonds is 2. The molecule has 1 atom stereocenters. The first-order valence-corrected chi connectivity index (χ1v) is 3.79. The molecule has 4 heteroatoms. The maximum atomic E-state index is 5.20. The Balaban J connectivity index is 1.90. The van der Waals surface area contributed by atoms with Crippen LogP contribution in [0.5, 0.6) is 0 Å². The minimum atomic E-state index is 0.432. The Bertz CT molecular complexity index is 203. The molecular formula is C7H11N3O. The number of ether oxygens (including phenoxy) is 1. The lowest BCUT2D eigenvalue weighted by molar-refractivity contribution is 0.195. The van der Waals surface area contributed by atoms with E-state index in [-0.39, 0.29) is 0 Å². The molecule has 2 N–H and O–H groups in total. The molecule has 1 fully saturated rings. The fraction of sp³-hybridized carbons (Fsp3) is 0.571. The van der Waals surface area contributed by atoms with E-state index in [1.165, 1.54) is 0 Å². The number of nitrogens with one attached hydrogen (secondary N) is 2. The first kappa shape index (κ1) is 6.67. The third-order valence-electron chi connectivity index (χ3n) is 1.77. The van der Waals surface area contributed by atoms with Crippen molar-refractivity contribution in [3.63, 3.8) is 0 Å². The molecule has 0 radical (unpaired) electrons. The number of hydrogen-bond donors (Lipinski definition) is 2. The zero-order valence-corrected chi connectivity index (χ0v) is 6.21. The molecule has 11 heavy (non-hydrogen) atoms. The van der Waals surface area contributed by atoms with Crippen LogP contribution in [0.1, 0.15) is 6.42 Å². The molecule has 4 nitrogen and oxygen atoms in total. The predicted octanol–water partition coefficient (Wildman–Crippen LogP) is 0.610. The highest BCUT2D eigenvalue weighted by molar-refractivity contribution is 5.24. The van der Waals surface area contributed by atoms with Crippen molar-refractivity contribution in [3.8, 4) is 0 Å².